The molecule has 1 aliphatic heterocycles. The fraction of sp³-hybridized carbons (Fsp3) is 0.636. The quantitative estimate of drug-likeness (QED) is 0.592. The third-order valence-corrected chi connectivity index (χ3v) is 7.28. The molecule has 1 unspecified atom stereocenters. The maximum absolute atomic E-state index is 13.1. The van der Waals surface area contributed by atoms with Gasteiger partial charge >= 0.3 is 6.03 Å². The second-order valence-electron chi connectivity index (χ2n) is 8.96. The second-order valence-corrected chi connectivity index (χ2v) is 9.88. The first kappa shape index (κ1) is 22.1. The minimum absolute atomic E-state index is 0.0124. The van der Waals surface area contributed by atoms with E-state index in [0.717, 1.165) is 28.6 Å². The van der Waals surface area contributed by atoms with Crippen LogP contribution in [0.2, 0.25) is 0 Å². The molecule has 3 rings (SSSR count). The monoisotopic (exact) mass is 466 g/mol. The van der Waals surface area contributed by atoms with E-state index in [-0.39, 0.29) is 24.5 Å². The number of aliphatic hydroxyl groups is 1. The van der Waals surface area contributed by atoms with Crippen LogP contribution >= 0.6 is 15.9 Å². The Morgan fingerprint density at radius 2 is 1.90 bits per heavy atom. The van der Waals surface area contributed by atoms with Crippen molar-refractivity contribution in [2.75, 3.05) is 13.2 Å². The second kappa shape index (κ2) is 8.64. The molecule has 0 aromatic heterocycles. The molecule has 1 heterocycles. The third kappa shape index (κ3) is 4.77. The van der Waals surface area contributed by atoms with Crippen molar-refractivity contribution in [2.24, 2.45) is 11.3 Å². The average Bonchev–Trinajstić information content (AvgIpc) is 2.92. The van der Waals surface area contributed by atoms with Crippen molar-refractivity contribution in [3.63, 3.8) is 0 Å². The zero-order valence-electron chi connectivity index (χ0n) is 17.4. The molecule has 160 valence electrons. The van der Waals surface area contributed by atoms with Gasteiger partial charge in [0.05, 0.1) is 6.54 Å². The number of hydrogen-bond donors (Lipinski definition) is 2. The lowest BCUT2D eigenvalue weighted by Crippen LogP contribution is -2.51. The molecule has 0 radical (unpaired) electrons. The Balaban J connectivity index is 1.56. The van der Waals surface area contributed by atoms with Gasteiger partial charge in [0.2, 0.25) is 0 Å². The normalized spacial score (nSPS) is 26.0. The SMILES string of the molecule is CCC(C)(C)C1CCC2(CC1)NC(=O)N(CC(O)COc1ccc(Br)cc1)C2=O. The maximum atomic E-state index is 13.1. The summed E-state index contributed by atoms with van der Waals surface area (Å²) in [6.45, 7) is 6.70. The van der Waals surface area contributed by atoms with Gasteiger partial charge in [-0.2, -0.15) is 0 Å². The first-order chi connectivity index (χ1) is 13.7. The fourth-order valence-electron chi connectivity index (χ4n) is 4.35. The van der Waals surface area contributed by atoms with Crippen molar-refractivity contribution < 1.29 is 19.4 Å². The van der Waals surface area contributed by atoms with Gasteiger partial charge < -0.3 is 15.2 Å². The Morgan fingerprint density at radius 1 is 1.28 bits per heavy atom. The van der Waals surface area contributed by atoms with E-state index >= 15 is 0 Å². The van der Waals surface area contributed by atoms with Crippen molar-refractivity contribution >= 4 is 27.9 Å². The predicted octanol–water partition coefficient (Wildman–Crippen LogP) is 4.11. The number of benzene rings is 1. The first-order valence-corrected chi connectivity index (χ1v) is 11.2. The summed E-state index contributed by atoms with van der Waals surface area (Å²) in [5.41, 5.74) is -0.558. The van der Waals surface area contributed by atoms with Gasteiger partial charge in [0.15, 0.2) is 0 Å². The van der Waals surface area contributed by atoms with Gasteiger partial charge in [-0.25, -0.2) is 4.79 Å². The number of nitrogens with zero attached hydrogens (tertiary/aromatic N) is 1. The van der Waals surface area contributed by atoms with Crippen molar-refractivity contribution in [2.45, 2.75) is 64.5 Å². The van der Waals surface area contributed by atoms with E-state index in [1.165, 1.54) is 0 Å². The van der Waals surface area contributed by atoms with Crippen LogP contribution < -0.4 is 10.1 Å². The highest BCUT2D eigenvalue weighted by molar-refractivity contribution is 9.10. The molecule has 6 nitrogen and oxygen atoms in total. The van der Waals surface area contributed by atoms with Crippen molar-refractivity contribution in [3.05, 3.63) is 28.7 Å². The Hall–Kier alpha value is -1.60. The van der Waals surface area contributed by atoms with Crippen molar-refractivity contribution in [3.8, 4) is 5.75 Å². The molecule has 1 atom stereocenters. The predicted molar refractivity (Wildman–Crippen MR) is 115 cm³/mol. The van der Waals surface area contributed by atoms with Crippen LogP contribution in [-0.4, -0.2) is 46.7 Å². The number of β-amino-alcohol motifs (C(OH)–C–C–N with tert-alkyl or cyclic N) is 1. The van der Waals surface area contributed by atoms with Crippen molar-refractivity contribution in [1.29, 1.82) is 0 Å². The summed E-state index contributed by atoms with van der Waals surface area (Å²) in [6, 6.07) is 6.86. The van der Waals surface area contributed by atoms with E-state index in [4.69, 9.17) is 4.74 Å². The van der Waals surface area contributed by atoms with Gasteiger partial charge in [0.1, 0.15) is 24.0 Å². The summed E-state index contributed by atoms with van der Waals surface area (Å²) in [6.07, 6.45) is 3.33. The van der Waals surface area contributed by atoms with Crippen LogP contribution in [0.25, 0.3) is 0 Å². The van der Waals surface area contributed by atoms with Crippen LogP contribution in [0.4, 0.5) is 4.79 Å². The minimum atomic E-state index is -0.945. The molecule has 2 fully saturated rings. The highest BCUT2D eigenvalue weighted by Crippen LogP contribution is 2.45. The van der Waals surface area contributed by atoms with Gasteiger partial charge in [-0.1, -0.05) is 43.1 Å². The summed E-state index contributed by atoms with van der Waals surface area (Å²) >= 11 is 3.36. The number of urea groups is 1. The van der Waals surface area contributed by atoms with E-state index in [1.54, 1.807) is 12.1 Å². The summed E-state index contributed by atoms with van der Waals surface area (Å²) in [7, 11) is 0. The Morgan fingerprint density at radius 3 is 2.48 bits per heavy atom. The number of nitrogens with one attached hydrogen (secondary N) is 1. The van der Waals surface area contributed by atoms with E-state index in [2.05, 4.69) is 42.0 Å². The molecule has 2 aliphatic rings. The average molecular weight is 467 g/mol. The number of imide groups is 1. The number of carbonyl (C=O) groups is 2. The number of aliphatic hydroxyl groups excluding tert-OH is 1. The van der Waals surface area contributed by atoms with Crippen LogP contribution in [0.15, 0.2) is 28.7 Å². The largest absolute Gasteiger partial charge is 0.491 e. The summed E-state index contributed by atoms with van der Waals surface area (Å²) in [5, 5.41) is 13.2. The van der Waals surface area contributed by atoms with Gasteiger partial charge in [-0.05, 0) is 61.3 Å². The summed E-state index contributed by atoms with van der Waals surface area (Å²) in [5.74, 6) is 0.970. The van der Waals surface area contributed by atoms with E-state index in [1.807, 2.05) is 12.1 Å². The smallest absolute Gasteiger partial charge is 0.325 e. The molecule has 1 aliphatic carbocycles. The molecule has 1 aromatic rings. The summed E-state index contributed by atoms with van der Waals surface area (Å²) < 4.78 is 6.50. The topological polar surface area (TPSA) is 78.9 Å². The maximum Gasteiger partial charge on any atom is 0.325 e. The lowest BCUT2D eigenvalue weighted by Gasteiger charge is -2.42. The zero-order valence-corrected chi connectivity index (χ0v) is 19.0. The molecule has 1 saturated carbocycles. The molecule has 29 heavy (non-hydrogen) atoms. The van der Waals surface area contributed by atoms with E-state index in [0.29, 0.717) is 24.5 Å². The molecule has 2 N–H and O–H groups in total. The Labute approximate surface area is 181 Å². The minimum Gasteiger partial charge on any atom is -0.491 e. The van der Waals surface area contributed by atoms with Gasteiger partial charge in [-0.15, -0.1) is 0 Å². The van der Waals surface area contributed by atoms with E-state index in [9.17, 15) is 14.7 Å². The van der Waals surface area contributed by atoms with Gasteiger partial charge in [0, 0.05) is 4.47 Å². The van der Waals surface area contributed by atoms with Crippen LogP contribution in [0.3, 0.4) is 0 Å². The Kier molecular flexibility index (Phi) is 6.58. The van der Waals surface area contributed by atoms with Gasteiger partial charge in [-0.3, -0.25) is 9.69 Å². The number of rotatable bonds is 7. The number of carbonyl (C=O) groups excluding carboxylic acids is 2. The van der Waals surface area contributed by atoms with Crippen molar-refractivity contribution in [1.82, 2.24) is 10.2 Å². The highest BCUT2D eigenvalue weighted by Gasteiger charge is 2.53. The molecular weight excluding hydrogens is 436 g/mol. The number of amides is 3. The molecule has 3 amide bonds. The van der Waals surface area contributed by atoms with Crippen LogP contribution in [0.5, 0.6) is 5.75 Å². The number of halogens is 1. The number of hydrogen-bond acceptors (Lipinski definition) is 4. The lowest BCUT2D eigenvalue weighted by molar-refractivity contribution is -0.134. The van der Waals surface area contributed by atoms with Crippen LogP contribution in [-0.2, 0) is 4.79 Å². The molecule has 1 spiro atoms. The molecule has 1 saturated heterocycles. The standard InChI is InChI=1S/C22H31BrN2O4/c1-4-21(2,3)15-9-11-22(12-10-15)19(27)25(20(28)24-22)13-17(26)14-29-18-7-5-16(23)6-8-18/h5-8,15,17,26H,4,9-14H2,1-3H3,(H,24,28). The number of ether oxygens (including phenoxy) is 1. The van der Waals surface area contributed by atoms with Crippen LogP contribution in [0.1, 0.15) is 52.9 Å². The lowest BCUT2D eigenvalue weighted by atomic mass is 9.65. The van der Waals surface area contributed by atoms with Crippen LogP contribution in [0, 0.1) is 11.3 Å². The fourth-order valence-corrected chi connectivity index (χ4v) is 4.61. The molecule has 7 heteroatoms. The molecular formula is C22H31BrN2O4. The first-order valence-electron chi connectivity index (χ1n) is 10.4. The highest BCUT2D eigenvalue weighted by atomic mass is 79.9. The summed E-state index contributed by atoms with van der Waals surface area (Å²) in [4.78, 5) is 26.7. The third-order valence-electron chi connectivity index (χ3n) is 6.75. The molecule has 0 bridgehead atoms. The van der Waals surface area contributed by atoms with E-state index < -0.39 is 17.7 Å². The Bertz CT molecular complexity index is 742. The zero-order chi connectivity index (χ0) is 21.2. The molecule has 1 aromatic carbocycles. The van der Waals surface area contributed by atoms with Gasteiger partial charge in [0.25, 0.3) is 5.91 Å².